The van der Waals surface area contributed by atoms with E-state index in [1.807, 2.05) is 0 Å². The van der Waals surface area contributed by atoms with Crippen molar-refractivity contribution in [3.8, 4) is 5.75 Å². The van der Waals surface area contributed by atoms with Crippen molar-refractivity contribution in [1.82, 2.24) is 4.98 Å². The van der Waals surface area contributed by atoms with Crippen molar-refractivity contribution in [2.45, 2.75) is 6.54 Å². The van der Waals surface area contributed by atoms with Gasteiger partial charge in [0, 0.05) is 0 Å². The van der Waals surface area contributed by atoms with E-state index >= 15 is 0 Å². The van der Waals surface area contributed by atoms with Gasteiger partial charge in [0.2, 0.25) is 0 Å². The zero-order valence-electron chi connectivity index (χ0n) is 6.24. The van der Waals surface area contributed by atoms with E-state index in [9.17, 15) is 0 Å². The van der Waals surface area contributed by atoms with Crippen molar-refractivity contribution in [3.63, 3.8) is 0 Å². The van der Waals surface area contributed by atoms with Gasteiger partial charge >= 0.3 is 0 Å². The topological polar surface area (TPSA) is 26.5 Å². The van der Waals surface area contributed by atoms with Gasteiger partial charge in [0.25, 0.3) is 6.54 Å². The SMILES string of the molecule is [C-]#[N+]Cc1ccc(OC)cn1. The molecule has 0 spiro atoms. The Bertz CT molecular complexity index is 260. The molecule has 0 saturated heterocycles. The first-order valence-electron chi connectivity index (χ1n) is 3.19. The monoisotopic (exact) mass is 148 g/mol. The van der Waals surface area contributed by atoms with Crippen molar-refractivity contribution < 1.29 is 4.74 Å². The van der Waals surface area contributed by atoms with Gasteiger partial charge in [-0.15, -0.1) is 0 Å². The summed E-state index contributed by atoms with van der Waals surface area (Å²) in [5.41, 5.74) is 0.779. The summed E-state index contributed by atoms with van der Waals surface area (Å²) in [6.45, 7) is 6.93. The molecule has 56 valence electrons. The van der Waals surface area contributed by atoms with Gasteiger partial charge in [-0.05, 0) is 12.1 Å². The van der Waals surface area contributed by atoms with Crippen LogP contribution in [-0.2, 0) is 6.54 Å². The van der Waals surface area contributed by atoms with Crippen molar-refractivity contribution in [2.75, 3.05) is 7.11 Å². The number of rotatable bonds is 2. The predicted molar refractivity (Wildman–Crippen MR) is 41.1 cm³/mol. The molecule has 0 amide bonds. The molecule has 0 aliphatic rings. The van der Waals surface area contributed by atoms with E-state index in [0.717, 1.165) is 11.4 Å². The van der Waals surface area contributed by atoms with Crippen molar-refractivity contribution in [2.24, 2.45) is 0 Å². The van der Waals surface area contributed by atoms with E-state index in [1.54, 1.807) is 25.4 Å². The Morgan fingerprint density at radius 3 is 2.91 bits per heavy atom. The largest absolute Gasteiger partial charge is 0.495 e. The highest BCUT2D eigenvalue weighted by Crippen LogP contribution is 2.07. The van der Waals surface area contributed by atoms with Crippen LogP contribution in [0.5, 0.6) is 5.75 Å². The molecule has 0 atom stereocenters. The van der Waals surface area contributed by atoms with Gasteiger partial charge in [-0.1, -0.05) is 0 Å². The molecule has 1 rings (SSSR count). The van der Waals surface area contributed by atoms with E-state index < -0.39 is 0 Å². The average Bonchev–Trinajstić information content (AvgIpc) is 2.07. The summed E-state index contributed by atoms with van der Waals surface area (Å²) in [6.07, 6.45) is 1.61. The molecule has 0 aliphatic carbocycles. The maximum atomic E-state index is 6.59. The molecule has 11 heavy (non-hydrogen) atoms. The fraction of sp³-hybridized carbons (Fsp3) is 0.250. The lowest BCUT2D eigenvalue weighted by Gasteiger charge is -1.96. The Kier molecular flexibility index (Phi) is 2.45. The molecule has 0 bridgehead atoms. The van der Waals surface area contributed by atoms with E-state index in [1.165, 1.54) is 0 Å². The van der Waals surface area contributed by atoms with E-state index in [0.29, 0.717) is 6.54 Å². The van der Waals surface area contributed by atoms with Crippen LogP contribution in [0.1, 0.15) is 5.69 Å². The maximum absolute atomic E-state index is 6.59. The summed E-state index contributed by atoms with van der Waals surface area (Å²) in [4.78, 5) is 7.21. The average molecular weight is 148 g/mol. The molecular formula is C8H8N2O. The molecule has 0 unspecified atom stereocenters. The van der Waals surface area contributed by atoms with E-state index in [4.69, 9.17) is 11.3 Å². The number of aromatic nitrogens is 1. The lowest BCUT2D eigenvalue weighted by Crippen LogP contribution is -1.87. The Balaban J connectivity index is 2.76. The van der Waals surface area contributed by atoms with Crippen molar-refractivity contribution in [3.05, 3.63) is 35.4 Å². The molecule has 0 saturated carbocycles. The third-order valence-corrected chi connectivity index (χ3v) is 1.27. The van der Waals surface area contributed by atoms with E-state index in [2.05, 4.69) is 9.83 Å². The summed E-state index contributed by atoms with van der Waals surface area (Å²) in [7, 11) is 1.59. The zero-order valence-corrected chi connectivity index (χ0v) is 6.24. The molecule has 3 nitrogen and oxygen atoms in total. The highest BCUT2D eigenvalue weighted by atomic mass is 16.5. The third-order valence-electron chi connectivity index (χ3n) is 1.27. The number of ether oxygens (including phenoxy) is 1. The summed E-state index contributed by atoms with van der Waals surface area (Å²) in [5.74, 6) is 0.721. The highest BCUT2D eigenvalue weighted by Gasteiger charge is 1.95. The van der Waals surface area contributed by atoms with Crippen LogP contribution in [0.4, 0.5) is 0 Å². The smallest absolute Gasteiger partial charge is 0.256 e. The molecule has 0 N–H and O–H groups in total. The molecular weight excluding hydrogens is 140 g/mol. The second-order valence-electron chi connectivity index (χ2n) is 2.01. The fourth-order valence-corrected chi connectivity index (χ4v) is 0.706. The van der Waals surface area contributed by atoms with Crippen LogP contribution in [-0.4, -0.2) is 12.1 Å². The first kappa shape index (κ1) is 7.55. The highest BCUT2D eigenvalue weighted by molar-refractivity contribution is 5.19. The molecule has 1 aromatic heterocycles. The number of nitrogens with zero attached hydrogens (tertiary/aromatic N) is 2. The lowest BCUT2D eigenvalue weighted by atomic mass is 10.3. The number of hydrogen-bond acceptors (Lipinski definition) is 2. The third kappa shape index (κ3) is 1.94. The van der Waals surface area contributed by atoms with Gasteiger partial charge in [0.05, 0.1) is 13.3 Å². The molecule has 1 heterocycles. The van der Waals surface area contributed by atoms with Crippen LogP contribution in [0.2, 0.25) is 0 Å². The maximum Gasteiger partial charge on any atom is 0.256 e. The minimum atomic E-state index is 0.337. The Morgan fingerprint density at radius 1 is 1.64 bits per heavy atom. The number of hydrogen-bond donors (Lipinski definition) is 0. The molecule has 1 aromatic rings. The van der Waals surface area contributed by atoms with Gasteiger partial charge in [0.1, 0.15) is 11.4 Å². The van der Waals surface area contributed by atoms with Crippen LogP contribution in [0, 0.1) is 6.57 Å². The summed E-state index contributed by atoms with van der Waals surface area (Å²) in [5, 5.41) is 0. The first-order chi connectivity index (χ1) is 5.36. The van der Waals surface area contributed by atoms with Crippen molar-refractivity contribution >= 4 is 0 Å². The lowest BCUT2D eigenvalue weighted by molar-refractivity contribution is 0.412. The summed E-state index contributed by atoms with van der Waals surface area (Å²) >= 11 is 0. The van der Waals surface area contributed by atoms with Gasteiger partial charge in [0.15, 0.2) is 0 Å². The van der Waals surface area contributed by atoms with Gasteiger partial charge in [-0.25, -0.2) is 11.6 Å². The van der Waals surface area contributed by atoms with Crippen LogP contribution in [0.15, 0.2) is 18.3 Å². The standard InChI is InChI=1S/C8H8N2O/c1-9-5-7-3-4-8(11-2)6-10-7/h3-4,6H,5H2,2H3. The van der Waals surface area contributed by atoms with Gasteiger partial charge in [-0.3, -0.25) is 0 Å². The zero-order chi connectivity index (χ0) is 8.10. The second-order valence-corrected chi connectivity index (χ2v) is 2.01. The number of pyridine rings is 1. The van der Waals surface area contributed by atoms with Gasteiger partial charge in [-0.2, -0.15) is 0 Å². The van der Waals surface area contributed by atoms with Crippen LogP contribution >= 0.6 is 0 Å². The second kappa shape index (κ2) is 3.57. The minimum Gasteiger partial charge on any atom is -0.495 e. The van der Waals surface area contributed by atoms with Gasteiger partial charge < -0.3 is 9.58 Å². The Morgan fingerprint density at radius 2 is 2.45 bits per heavy atom. The Labute approximate surface area is 65.5 Å². The Hall–Kier alpha value is -1.56. The summed E-state index contributed by atoms with van der Waals surface area (Å²) < 4.78 is 4.91. The minimum absolute atomic E-state index is 0.337. The molecule has 0 fully saturated rings. The number of methoxy groups -OCH3 is 1. The van der Waals surface area contributed by atoms with Crippen LogP contribution < -0.4 is 4.74 Å². The molecule has 0 aromatic carbocycles. The predicted octanol–water partition coefficient (Wildman–Crippen LogP) is 1.51. The first-order valence-corrected chi connectivity index (χ1v) is 3.19. The molecule has 3 heteroatoms. The quantitative estimate of drug-likeness (QED) is 0.594. The van der Waals surface area contributed by atoms with Crippen molar-refractivity contribution in [1.29, 1.82) is 0 Å². The normalized spacial score (nSPS) is 8.73. The molecule has 0 aliphatic heterocycles. The van der Waals surface area contributed by atoms with E-state index in [-0.39, 0.29) is 0 Å². The fourth-order valence-electron chi connectivity index (χ4n) is 0.706. The summed E-state index contributed by atoms with van der Waals surface area (Å²) in [6, 6.07) is 3.59. The molecule has 0 radical (unpaired) electrons. The van der Waals surface area contributed by atoms with Crippen LogP contribution in [0.3, 0.4) is 0 Å². The van der Waals surface area contributed by atoms with Crippen LogP contribution in [0.25, 0.3) is 4.85 Å².